The largest absolute Gasteiger partial charge is 0.338 e. The first-order valence-electron chi connectivity index (χ1n) is 5.36. The van der Waals surface area contributed by atoms with E-state index in [1.54, 1.807) is 12.4 Å². The molecule has 1 atom stereocenters. The van der Waals surface area contributed by atoms with E-state index in [0.29, 0.717) is 0 Å². The molecule has 16 heavy (non-hydrogen) atoms. The van der Waals surface area contributed by atoms with Gasteiger partial charge in [-0.3, -0.25) is 4.98 Å². The summed E-state index contributed by atoms with van der Waals surface area (Å²) in [5, 5.41) is 0. The van der Waals surface area contributed by atoms with Crippen molar-refractivity contribution >= 4 is 0 Å². The number of hydrogen-bond acceptors (Lipinski definition) is 3. The second-order valence-corrected chi connectivity index (χ2v) is 3.98. The number of pyridine rings is 1. The van der Waals surface area contributed by atoms with Crippen LogP contribution in [0.5, 0.6) is 0 Å². The number of aryl methyl sites for hydroxylation is 1. The van der Waals surface area contributed by atoms with Gasteiger partial charge in [-0.2, -0.15) is 0 Å². The minimum absolute atomic E-state index is 0.0882. The SMILES string of the molecule is Cn1ccnc1CC(N)Cc1cccnc1. The molecule has 2 heterocycles. The highest BCUT2D eigenvalue weighted by Crippen LogP contribution is 2.04. The van der Waals surface area contributed by atoms with Gasteiger partial charge >= 0.3 is 0 Å². The average Bonchev–Trinajstić information content (AvgIpc) is 2.66. The lowest BCUT2D eigenvalue weighted by atomic mass is 10.1. The first-order valence-corrected chi connectivity index (χ1v) is 5.36. The summed E-state index contributed by atoms with van der Waals surface area (Å²) >= 11 is 0. The summed E-state index contributed by atoms with van der Waals surface area (Å²) in [6.07, 6.45) is 8.99. The molecule has 0 bridgehead atoms. The molecule has 2 N–H and O–H groups in total. The van der Waals surface area contributed by atoms with Crippen LogP contribution in [0.15, 0.2) is 36.9 Å². The molecule has 0 aliphatic rings. The Kier molecular flexibility index (Phi) is 3.31. The predicted octanol–water partition coefficient (Wildman–Crippen LogP) is 0.928. The van der Waals surface area contributed by atoms with Gasteiger partial charge in [0.1, 0.15) is 5.82 Å². The summed E-state index contributed by atoms with van der Waals surface area (Å²) in [4.78, 5) is 8.34. The summed E-state index contributed by atoms with van der Waals surface area (Å²) in [7, 11) is 1.99. The van der Waals surface area contributed by atoms with Crippen molar-refractivity contribution in [3.63, 3.8) is 0 Å². The zero-order valence-corrected chi connectivity index (χ0v) is 9.37. The first kappa shape index (κ1) is 10.8. The number of nitrogens with zero attached hydrogens (tertiary/aromatic N) is 3. The van der Waals surface area contributed by atoms with Gasteiger partial charge in [0.15, 0.2) is 0 Å². The van der Waals surface area contributed by atoms with Gasteiger partial charge in [-0.15, -0.1) is 0 Å². The fourth-order valence-corrected chi connectivity index (χ4v) is 1.72. The Hall–Kier alpha value is -1.68. The third-order valence-corrected chi connectivity index (χ3v) is 2.59. The fraction of sp³-hybridized carbons (Fsp3) is 0.333. The summed E-state index contributed by atoms with van der Waals surface area (Å²) in [6.45, 7) is 0. The molecule has 0 aromatic carbocycles. The minimum atomic E-state index is 0.0882. The van der Waals surface area contributed by atoms with E-state index < -0.39 is 0 Å². The van der Waals surface area contributed by atoms with Crippen LogP contribution >= 0.6 is 0 Å². The molecule has 2 aromatic rings. The number of hydrogen-bond donors (Lipinski definition) is 1. The monoisotopic (exact) mass is 216 g/mol. The Labute approximate surface area is 95.1 Å². The van der Waals surface area contributed by atoms with Crippen molar-refractivity contribution in [2.45, 2.75) is 18.9 Å². The average molecular weight is 216 g/mol. The highest BCUT2D eigenvalue weighted by molar-refractivity contribution is 5.10. The minimum Gasteiger partial charge on any atom is -0.338 e. The molecule has 0 saturated carbocycles. The molecular weight excluding hydrogens is 200 g/mol. The lowest BCUT2D eigenvalue weighted by Crippen LogP contribution is -2.26. The second-order valence-electron chi connectivity index (χ2n) is 3.98. The van der Waals surface area contributed by atoms with Gasteiger partial charge in [0.25, 0.3) is 0 Å². The van der Waals surface area contributed by atoms with Crippen molar-refractivity contribution in [1.29, 1.82) is 0 Å². The van der Waals surface area contributed by atoms with E-state index in [9.17, 15) is 0 Å². The molecule has 0 fully saturated rings. The van der Waals surface area contributed by atoms with Gasteiger partial charge in [0.05, 0.1) is 0 Å². The summed E-state index contributed by atoms with van der Waals surface area (Å²) in [5.41, 5.74) is 7.26. The van der Waals surface area contributed by atoms with Crippen molar-refractivity contribution < 1.29 is 0 Å². The van der Waals surface area contributed by atoms with Crippen LogP contribution in [-0.2, 0) is 19.9 Å². The van der Waals surface area contributed by atoms with Crippen molar-refractivity contribution in [1.82, 2.24) is 14.5 Å². The number of aromatic nitrogens is 3. The summed E-state index contributed by atoms with van der Waals surface area (Å²) < 4.78 is 2.00. The Morgan fingerprint density at radius 3 is 2.88 bits per heavy atom. The molecule has 0 radical (unpaired) electrons. The second kappa shape index (κ2) is 4.90. The first-order chi connectivity index (χ1) is 7.75. The Balaban J connectivity index is 1.95. The van der Waals surface area contributed by atoms with E-state index >= 15 is 0 Å². The topological polar surface area (TPSA) is 56.7 Å². The molecule has 84 valence electrons. The van der Waals surface area contributed by atoms with Crippen molar-refractivity contribution in [3.8, 4) is 0 Å². The van der Waals surface area contributed by atoms with Gasteiger partial charge in [-0.25, -0.2) is 4.98 Å². The van der Waals surface area contributed by atoms with E-state index in [1.807, 2.05) is 36.1 Å². The van der Waals surface area contributed by atoms with Crippen LogP contribution in [0, 0.1) is 0 Å². The van der Waals surface area contributed by atoms with Crippen LogP contribution in [0.25, 0.3) is 0 Å². The van der Waals surface area contributed by atoms with Crippen LogP contribution < -0.4 is 5.73 Å². The molecule has 0 aliphatic heterocycles. The van der Waals surface area contributed by atoms with Gasteiger partial charge in [-0.05, 0) is 18.1 Å². The molecule has 4 nitrogen and oxygen atoms in total. The third-order valence-electron chi connectivity index (χ3n) is 2.59. The van der Waals surface area contributed by atoms with Crippen molar-refractivity contribution in [2.75, 3.05) is 0 Å². The number of imidazole rings is 1. The third kappa shape index (κ3) is 2.67. The van der Waals surface area contributed by atoms with Gasteiger partial charge < -0.3 is 10.3 Å². The van der Waals surface area contributed by atoms with Gasteiger partial charge in [0, 0.05) is 44.3 Å². The molecule has 2 aromatic heterocycles. The molecule has 1 unspecified atom stereocenters. The Bertz CT molecular complexity index is 435. The Morgan fingerprint density at radius 2 is 2.25 bits per heavy atom. The smallest absolute Gasteiger partial charge is 0.109 e. The van der Waals surface area contributed by atoms with E-state index in [4.69, 9.17) is 5.73 Å². The predicted molar refractivity (Wildman–Crippen MR) is 62.8 cm³/mol. The van der Waals surface area contributed by atoms with E-state index in [2.05, 4.69) is 9.97 Å². The van der Waals surface area contributed by atoms with Crippen LogP contribution in [0.4, 0.5) is 0 Å². The molecular formula is C12H16N4. The Morgan fingerprint density at radius 1 is 1.38 bits per heavy atom. The normalized spacial score (nSPS) is 12.6. The fourth-order valence-electron chi connectivity index (χ4n) is 1.72. The van der Waals surface area contributed by atoms with Crippen molar-refractivity contribution in [3.05, 3.63) is 48.3 Å². The molecule has 0 saturated heterocycles. The summed E-state index contributed by atoms with van der Waals surface area (Å²) in [5.74, 6) is 1.02. The lowest BCUT2D eigenvalue weighted by Gasteiger charge is -2.11. The van der Waals surface area contributed by atoms with E-state index in [0.717, 1.165) is 18.7 Å². The van der Waals surface area contributed by atoms with Crippen LogP contribution in [-0.4, -0.2) is 20.6 Å². The maximum atomic E-state index is 6.08. The van der Waals surface area contributed by atoms with Crippen LogP contribution in [0.1, 0.15) is 11.4 Å². The van der Waals surface area contributed by atoms with E-state index in [-0.39, 0.29) is 6.04 Å². The van der Waals surface area contributed by atoms with E-state index in [1.165, 1.54) is 5.56 Å². The molecule has 0 spiro atoms. The molecule has 0 aliphatic carbocycles. The number of rotatable bonds is 4. The summed E-state index contributed by atoms with van der Waals surface area (Å²) in [6, 6.07) is 4.07. The van der Waals surface area contributed by atoms with Gasteiger partial charge in [0.2, 0.25) is 0 Å². The maximum absolute atomic E-state index is 6.08. The lowest BCUT2D eigenvalue weighted by molar-refractivity contribution is 0.621. The maximum Gasteiger partial charge on any atom is 0.109 e. The quantitative estimate of drug-likeness (QED) is 0.827. The number of nitrogens with two attached hydrogens (primary N) is 1. The molecule has 4 heteroatoms. The molecule has 2 rings (SSSR count). The van der Waals surface area contributed by atoms with Gasteiger partial charge in [-0.1, -0.05) is 6.07 Å². The highest BCUT2D eigenvalue weighted by Gasteiger charge is 2.08. The zero-order valence-electron chi connectivity index (χ0n) is 9.37. The van der Waals surface area contributed by atoms with Crippen molar-refractivity contribution in [2.24, 2.45) is 12.8 Å². The zero-order chi connectivity index (χ0) is 11.4. The highest BCUT2D eigenvalue weighted by atomic mass is 15.0. The molecule has 0 amide bonds. The standard InChI is InChI=1S/C12H16N4/c1-16-6-5-15-12(16)8-11(13)7-10-3-2-4-14-9-10/h2-6,9,11H,7-8,13H2,1H3. The van der Waals surface area contributed by atoms with Crippen LogP contribution in [0.3, 0.4) is 0 Å². The van der Waals surface area contributed by atoms with Crippen LogP contribution in [0.2, 0.25) is 0 Å².